The molecule has 0 saturated carbocycles. The lowest BCUT2D eigenvalue weighted by atomic mass is 10.2. The van der Waals surface area contributed by atoms with Crippen molar-refractivity contribution in [2.45, 2.75) is 18.6 Å². The van der Waals surface area contributed by atoms with E-state index >= 15 is 0 Å². The third-order valence-corrected chi connectivity index (χ3v) is 3.92. The summed E-state index contributed by atoms with van der Waals surface area (Å²) in [4.78, 5) is 34.7. The Morgan fingerprint density at radius 3 is 2.85 bits per heavy atom. The van der Waals surface area contributed by atoms with Crippen molar-refractivity contribution in [3.05, 3.63) is 28.3 Å². The van der Waals surface area contributed by atoms with Gasteiger partial charge in [0.1, 0.15) is 0 Å². The predicted molar refractivity (Wildman–Crippen MR) is 76.5 cm³/mol. The summed E-state index contributed by atoms with van der Waals surface area (Å²) in [5.41, 5.74) is 6.30. The zero-order chi connectivity index (χ0) is 14.9. The highest BCUT2D eigenvalue weighted by Crippen LogP contribution is 2.34. The Kier molecular flexibility index (Phi) is 3.93. The minimum atomic E-state index is -0.536. The maximum absolute atomic E-state index is 12.0. The molecule has 1 aliphatic heterocycles. The van der Waals surface area contributed by atoms with E-state index < -0.39 is 4.92 Å². The predicted octanol–water partition coefficient (Wildman–Crippen LogP) is 1.56. The van der Waals surface area contributed by atoms with Crippen LogP contribution in [-0.2, 0) is 9.59 Å². The van der Waals surface area contributed by atoms with Gasteiger partial charge in [-0.05, 0) is 6.07 Å². The van der Waals surface area contributed by atoms with Gasteiger partial charge in [-0.3, -0.25) is 19.7 Å². The van der Waals surface area contributed by atoms with Gasteiger partial charge in [0.05, 0.1) is 16.3 Å². The number of carbonyl (C=O) groups excluding carboxylic acids is 2. The smallest absolute Gasteiger partial charge is 0.271 e. The van der Waals surface area contributed by atoms with Crippen LogP contribution in [-0.4, -0.2) is 27.7 Å². The van der Waals surface area contributed by atoms with Gasteiger partial charge in [0, 0.05) is 37.3 Å². The number of nitrogen functional groups attached to an aromatic ring is 1. The first kappa shape index (κ1) is 14.3. The Morgan fingerprint density at radius 2 is 2.25 bits per heavy atom. The summed E-state index contributed by atoms with van der Waals surface area (Å²) in [7, 11) is 0. The van der Waals surface area contributed by atoms with Gasteiger partial charge in [-0.15, -0.1) is 0 Å². The largest absolute Gasteiger partial charge is 0.397 e. The highest BCUT2D eigenvalue weighted by Gasteiger charge is 2.33. The molecule has 0 spiro atoms. The molecule has 2 rings (SSSR count). The van der Waals surface area contributed by atoms with E-state index in [1.54, 1.807) is 0 Å². The van der Waals surface area contributed by atoms with Crippen LogP contribution >= 0.6 is 11.8 Å². The molecule has 1 saturated heterocycles. The van der Waals surface area contributed by atoms with Crippen molar-refractivity contribution in [1.29, 1.82) is 0 Å². The first-order valence-corrected chi connectivity index (χ1v) is 6.78. The van der Waals surface area contributed by atoms with Gasteiger partial charge in [-0.25, -0.2) is 0 Å². The third-order valence-electron chi connectivity index (χ3n) is 2.94. The summed E-state index contributed by atoms with van der Waals surface area (Å²) in [6, 6.07) is 3.99. The molecule has 1 aromatic rings. The zero-order valence-electron chi connectivity index (χ0n) is 10.7. The number of anilines is 2. The maximum atomic E-state index is 12.0. The van der Waals surface area contributed by atoms with E-state index in [9.17, 15) is 19.7 Å². The second-order valence-electron chi connectivity index (χ2n) is 4.44. The second kappa shape index (κ2) is 5.49. The number of thioether (sulfide) groups is 1. The summed E-state index contributed by atoms with van der Waals surface area (Å²) in [5.74, 6) is -0.184. The van der Waals surface area contributed by atoms with Crippen LogP contribution in [0.4, 0.5) is 17.1 Å². The van der Waals surface area contributed by atoms with Crippen molar-refractivity contribution in [2.75, 3.05) is 17.2 Å². The highest BCUT2D eigenvalue weighted by atomic mass is 32.2. The van der Waals surface area contributed by atoms with Crippen LogP contribution in [0, 0.1) is 10.1 Å². The number of nitro benzene ring substituents is 1. The first-order chi connectivity index (χ1) is 9.38. The fourth-order valence-corrected chi connectivity index (χ4v) is 3.02. The number of rotatable bonds is 3. The molecule has 0 bridgehead atoms. The Balaban J connectivity index is 2.27. The van der Waals surface area contributed by atoms with Crippen LogP contribution in [0.5, 0.6) is 0 Å². The monoisotopic (exact) mass is 295 g/mol. The summed E-state index contributed by atoms with van der Waals surface area (Å²) < 4.78 is 0. The van der Waals surface area contributed by atoms with Crippen molar-refractivity contribution in [3.8, 4) is 0 Å². The lowest BCUT2D eigenvalue weighted by molar-refractivity contribution is -0.384. The van der Waals surface area contributed by atoms with Gasteiger partial charge in [-0.1, -0.05) is 11.8 Å². The quantitative estimate of drug-likeness (QED) is 0.515. The lowest BCUT2D eigenvalue weighted by Crippen LogP contribution is -2.26. The summed E-state index contributed by atoms with van der Waals surface area (Å²) in [6.45, 7) is 1.77. The van der Waals surface area contributed by atoms with Crippen LogP contribution in [0.25, 0.3) is 0 Å². The molecule has 2 N–H and O–H groups in total. The van der Waals surface area contributed by atoms with Crippen LogP contribution in [0.15, 0.2) is 18.2 Å². The van der Waals surface area contributed by atoms with Crippen LogP contribution < -0.4 is 10.6 Å². The summed E-state index contributed by atoms with van der Waals surface area (Å²) >= 11 is 1.10. The molecule has 1 amide bonds. The average molecular weight is 295 g/mol. The number of non-ortho nitro benzene ring substituents is 1. The molecule has 0 aromatic heterocycles. The normalized spacial score (nSPS) is 18.4. The van der Waals surface area contributed by atoms with E-state index in [1.165, 1.54) is 30.0 Å². The molecule has 1 aromatic carbocycles. The van der Waals surface area contributed by atoms with Crippen LogP contribution in [0.3, 0.4) is 0 Å². The Morgan fingerprint density at radius 1 is 1.55 bits per heavy atom. The van der Waals surface area contributed by atoms with Crippen molar-refractivity contribution in [1.82, 2.24) is 0 Å². The minimum absolute atomic E-state index is 0.0586. The Labute approximate surface area is 119 Å². The van der Waals surface area contributed by atoms with Crippen LogP contribution in [0.2, 0.25) is 0 Å². The van der Waals surface area contributed by atoms with Gasteiger partial charge < -0.3 is 10.6 Å². The first-order valence-electron chi connectivity index (χ1n) is 5.90. The Bertz CT molecular complexity index is 590. The zero-order valence-corrected chi connectivity index (χ0v) is 11.6. The van der Waals surface area contributed by atoms with E-state index in [-0.39, 0.29) is 28.4 Å². The number of hydrogen-bond acceptors (Lipinski definition) is 6. The minimum Gasteiger partial charge on any atom is -0.397 e. The molecule has 1 aliphatic rings. The number of benzene rings is 1. The van der Waals surface area contributed by atoms with E-state index in [0.29, 0.717) is 17.9 Å². The Hall–Kier alpha value is -2.09. The molecule has 0 aliphatic carbocycles. The van der Waals surface area contributed by atoms with E-state index in [2.05, 4.69) is 0 Å². The fourth-order valence-electron chi connectivity index (χ4n) is 2.10. The van der Waals surface area contributed by atoms with Gasteiger partial charge >= 0.3 is 0 Å². The van der Waals surface area contributed by atoms with Crippen molar-refractivity contribution >= 4 is 39.8 Å². The molecule has 0 radical (unpaired) electrons. The fraction of sp³-hybridized carbons (Fsp3) is 0.333. The molecule has 106 valence electrons. The van der Waals surface area contributed by atoms with E-state index in [4.69, 9.17) is 5.73 Å². The second-order valence-corrected chi connectivity index (χ2v) is 5.92. The van der Waals surface area contributed by atoms with E-state index in [0.717, 1.165) is 11.8 Å². The molecule has 1 fully saturated rings. The number of nitrogens with zero attached hydrogens (tertiary/aromatic N) is 2. The molecule has 1 unspecified atom stereocenters. The summed E-state index contributed by atoms with van der Waals surface area (Å²) in [5, 5.41) is 10.6. The van der Waals surface area contributed by atoms with Gasteiger partial charge in [0.15, 0.2) is 5.12 Å². The van der Waals surface area contributed by atoms with Crippen molar-refractivity contribution in [2.24, 2.45) is 0 Å². The van der Waals surface area contributed by atoms with Gasteiger partial charge in [0.2, 0.25) is 5.91 Å². The summed E-state index contributed by atoms with van der Waals surface area (Å²) in [6.07, 6.45) is 0.229. The molecule has 20 heavy (non-hydrogen) atoms. The van der Waals surface area contributed by atoms with Crippen molar-refractivity contribution in [3.63, 3.8) is 0 Å². The van der Waals surface area contributed by atoms with E-state index in [1.807, 2.05) is 0 Å². The lowest BCUT2D eigenvalue weighted by Gasteiger charge is -2.18. The molecular weight excluding hydrogens is 282 g/mol. The van der Waals surface area contributed by atoms with Gasteiger partial charge in [-0.2, -0.15) is 0 Å². The molecular formula is C12H13N3O4S. The van der Waals surface area contributed by atoms with Crippen molar-refractivity contribution < 1.29 is 14.5 Å². The molecule has 8 heteroatoms. The number of nitro groups is 1. The standard InChI is InChI=1S/C12H13N3O4S/c1-7(16)20-9-5-12(17)14(6-9)11-4-8(15(18)19)2-3-10(11)13/h2-4,9H,5-6,13H2,1H3. The molecule has 7 nitrogen and oxygen atoms in total. The van der Waals surface area contributed by atoms with Crippen LogP contribution in [0.1, 0.15) is 13.3 Å². The number of hydrogen-bond donors (Lipinski definition) is 1. The topological polar surface area (TPSA) is 107 Å². The third kappa shape index (κ3) is 2.90. The molecule has 1 heterocycles. The van der Waals surface area contributed by atoms with Gasteiger partial charge in [0.25, 0.3) is 5.69 Å². The molecule has 1 atom stereocenters. The number of amides is 1. The number of carbonyl (C=O) groups is 2. The highest BCUT2D eigenvalue weighted by molar-refractivity contribution is 8.14. The maximum Gasteiger partial charge on any atom is 0.271 e. The SMILES string of the molecule is CC(=O)SC1CC(=O)N(c2cc([N+](=O)[O-])ccc2N)C1. The number of nitrogens with two attached hydrogens (primary N) is 1. The average Bonchev–Trinajstić information content (AvgIpc) is 2.69.